The summed E-state index contributed by atoms with van der Waals surface area (Å²) < 4.78 is 34.8. The van der Waals surface area contributed by atoms with E-state index in [0.717, 1.165) is 29.0 Å². The minimum absolute atomic E-state index is 0.154. The molecule has 0 saturated carbocycles. The number of esters is 1. The highest BCUT2D eigenvalue weighted by atomic mass is 16.6. The molecule has 4 aromatic rings. The SMILES string of the molecule is CCCC(=O)OC(COc1ccc(C(C)(C)c2ccc(OCC(O)CNC)cc2)cc1)COc1ccc(C(C)(C)c2ccc(OCC3CO3)cc2)cc1. The smallest absolute Gasteiger partial charge is 0.306 e. The molecule has 1 heterocycles. The van der Waals surface area contributed by atoms with Crippen LogP contribution in [0.2, 0.25) is 0 Å². The summed E-state index contributed by atoms with van der Waals surface area (Å²) in [5, 5.41) is 12.9. The van der Waals surface area contributed by atoms with Crippen LogP contribution in [-0.2, 0) is 25.1 Å². The van der Waals surface area contributed by atoms with Crippen molar-refractivity contribution < 1.29 is 38.3 Å². The van der Waals surface area contributed by atoms with Gasteiger partial charge in [0.15, 0.2) is 6.10 Å². The third-order valence-corrected chi connectivity index (χ3v) is 9.65. The fraction of sp³-hybridized carbons (Fsp3) is 0.432. The number of carbonyl (C=O) groups excluding carboxylic acids is 1. The second-order valence-corrected chi connectivity index (χ2v) is 14.6. The van der Waals surface area contributed by atoms with Crippen molar-refractivity contribution in [1.29, 1.82) is 0 Å². The van der Waals surface area contributed by atoms with Gasteiger partial charge in [0.05, 0.1) is 6.61 Å². The van der Waals surface area contributed by atoms with E-state index in [1.165, 1.54) is 5.56 Å². The molecule has 1 aliphatic rings. The van der Waals surface area contributed by atoms with E-state index in [1.807, 2.05) is 55.5 Å². The van der Waals surface area contributed by atoms with Crippen molar-refractivity contribution in [2.24, 2.45) is 0 Å². The maximum absolute atomic E-state index is 12.5. The maximum Gasteiger partial charge on any atom is 0.306 e. The molecule has 4 aromatic carbocycles. The average Bonchev–Trinajstić information content (AvgIpc) is 4.00. The first kappa shape index (κ1) is 39.6. The number of rotatable bonds is 21. The van der Waals surface area contributed by atoms with Gasteiger partial charge in [-0.1, -0.05) is 83.1 Å². The van der Waals surface area contributed by atoms with Crippen molar-refractivity contribution in [1.82, 2.24) is 5.32 Å². The Bertz CT molecular complexity index is 1700. The Balaban J connectivity index is 1.15. The Hall–Kier alpha value is -4.57. The third-order valence-electron chi connectivity index (χ3n) is 9.65. The first-order valence-electron chi connectivity index (χ1n) is 18.5. The third kappa shape index (κ3) is 11.5. The topological polar surface area (TPSA) is 108 Å². The van der Waals surface area contributed by atoms with Crippen LogP contribution in [0.4, 0.5) is 0 Å². The molecule has 2 N–H and O–H groups in total. The van der Waals surface area contributed by atoms with Crippen LogP contribution in [-0.4, -0.2) is 76.0 Å². The Morgan fingerprint density at radius 1 is 0.698 bits per heavy atom. The van der Waals surface area contributed by atoms with E-state index in [9.17, 15) is 9.90 Å². The Kier molecular flexibility index (Phi) is 13.8. The summed E-state index contributed by atoms with van der Waals surface area (Å²) in [4.78, 5) is 12.5. The minimum atomic E-state index is -0.589. The second kappa shape index (κ2) is 18.5. The summed E-state index contributed by atoms with van der Waals surface area (Å²) in [6, 6.07) is 32.2. The van der Waals surface area contributed by atoms with E-state index in [2.05, 4.69) is 81.5 Å². The van der Waals surface area contributed by atoms with E-state index in [-0.39, 0.29) is 42.7 Å². The van der Waals surface area contributed by atoms with Gasteiger partial charge in [-0.15, -0.1) is 0 Å². The number of hydrogen-bond donors (Lipinski definition) is 2. The van der Waals surface area contributed by atoms with Crippen LogP contribution in [0, 0.1) is 0 Å². The van der Waals surface area contributed by atoms with Crippen LogP contribution < -0.4 is 24.3 Å². The Morgan fingerprint density at radius 2 is 1.08 bits per heavy atom. The highest BCUT2D eigenvalue weighted by Crippen LogP contribution is 2.35. The van der Waals surface area contributed by atoms with Gasteiger partial charge in [0.1, 0.15) is 61.6 Å². The number of aliphatic hydroxyl groups excluding tert-OH is 1. The van der Waals surface area contributed by atoms with Gasteiger partial charge in [0.25, 0.3) is 0 Å². The summed E-state index contributed by atoms with van der Waals surface area (Å²) in [6.45, 7) is 13.0. The van der Waals surface area contributed by atoms with Crippen molar-refractivity contribution in [2.45, 2.75) is 76.6 Å². The van der Waals surface area contributed by atoms with E-state index in [1.54, 1.807) is 7.05 Å². The molecular weight excluding hydrogens is 670 g/mol. The monoisotopic (exact) mass is 725 g/mol. The molecule has 1 saturated heterocycles. The van der Waals surface area contributed by atoms with Crippen molar-refractivity contribution >= 4 is 5.97 Å². The zero-order valence-corrected chi connectivity index (χ0v) is 31.9. The summed E-state index contributed by atoms with van der Waals surface area (Å²) in [5.41, 5.74) is 4.07. The second-order valence-electron chi connectivity index (χ2n) is 14.6. The summed E-state index contributed by atoms with van der Waals surface area (Å²) in [5.74, 6) is 2.64. The van der Waals surface area contributed by atoms with Crippen LogP contribution in [0.5, 0.6) is 23.0 Å². The molecular formula is C44H55NO8. The van der Waals surface area contributed by atoms with E-state index in [4.69, 9.17) is 28.4 Å². The van der Waals surface area contributed by atoms with Crippen molar-refractivity contribution in [3.63, 3.8) is 0 Å². The lowest BCUT2D eigenvalue weighted by Gasteiger charge is -2.27. The quantitative estimate of drug-likeness (QED) is 0.0679. The number of carbonyl (C=O) groups is 1. The zero-order valence-electron chi connectivity index (χ0n) is 31.9. The van der Waals surface area contributed by atoms with Crippen molar-refractivity contribution in [3.05, 3.63) is 119 Å². The van der Waals surface area contributed by atoms with Crippen molar-refractivity contribution in [3.8, 4) is 23.0 Å². The fourth-order valence-corrected chi connectivity index (χ4v) is 5.99. The van der Waals surface area contributed by atoms with Gasteiger partial charge in [-0.3, -0.25) is 4.79 Å². The number of ether oxygens (including phenoxy) is 6. The van der Waals surface area contributed by atoms with Gasteiger partial charge in [0, 0.05) is 23.8 Å². The lowest BCUT2D eigenvalue weighted by molar-refractivity contribution is -0.152. The molecule has 9 heteroatoms. The molecule has 284 valence electrons. The molecule has 0 aromatic heterocycles. The number of nitrogens with one attached hydrogen (secondary N) is 1. The molecule has 3 atom stereocenters. The lowest BCUT2D eigenvalue weighted by atomic mass is 9.78. The molecule has 53 heavy (non-hydrogen) atoms. The number of likely N-dealkylation sites (N-methyl/N-ethyl adjacent to an activating group) is 1. The van der Waals surface area contributed by atoms with Gasteiger partial charge in [-0.2, -0.15) is 0 Å². The normalized spacial score (nSPS) is 15.3. The Labute approximate surface area is 314 Å². The molecule has 0 amide bonds. The van der Waals surface area contributed by atoms with Crippen LogP contribution in [0.25, 0.3) is 0 Å². The number of benzene rings is 4. The predicted octanol–water partition coefficient (Wildman–Crippen LogP) is 7.24. The van der Waals surface area contributed by atoms with Gasteiger partial charge in [-0.25, -0.2) is 0 Å². The maximum atomic E-state index is 12.5. The molecule has 1 fully saturated rings. The summed E-state index contributed by atoms with van der Waals surface area (Å²) in [7, 11) is 1.80. The molecule has 0 radical (unpaired) electrons. The molecule has 0 spiro atoms. The van der Waals surface area contributed by atoms with E-state index in [0.29, 0.717) is 43.2 Å². The molecule has 0 bridgehead atoms. The molecule has 0 aliphatic carbocycles. The highest BCUT2D eigenvalue weighted by Gasteiger charge is 2.26. The lowest BCUT2D eigenvalue weighted by Crippen LogP contribution is -2.31. The summed E-state index contributed by atoms with van der Waals surface area (Å²) >= 11 is 0. The standard InChI is InChI=1S/C44H55NO8/c1-7-8-42(47)53-41(30-51-39-23-15-34(16-24-39)44(4,5)32-11-19-37(20-12-32)49-27-40-28-52-40)29-50-38-21-13-33(14-22-38)43(2,3)31-9-17-36(18-10-31)48-26-35(46)25-45-6/h9-24,35,40-41,45-46H,7-8,25-30H2,1-6H3. The number of aliphatic hydroxyl groups is 1. The van der Waals surface area contributed by atoms with E-state index < -0.39 is 12.2 Å². The van der Waals surface area contributed by atoms with Crippen LogP contribution in [0.3, 0.4) is 0 Å². The van der Waals surface area contributed by atoms with Crippen molar-refractivity contribution in [2.75, 3.05) is 46.6 Å². The summed E-state index contributed by atoms with van der Waals surface area (Å²) in [6.07, 6.45) is 0.0967. The minimum Gasteiger partial charge on any atom is -0.491 e. The Morgan fingerprint density at radius 3 is 1.43 bits per heavy atom. The highest BCUT2D eigenvalue weighted by molar-refractivity contribution is 5.69. The van der Waals surface area contributed by atoms with Gasteiger partial charge >= 0.3 is 5.97 Å². The molecule has 5 rings (SSSR count). The molecule has 1 aliphatic heterocycles. The molecule has 9 nitrogen and oxygen atoms in total. The largest absolute Gasteiger partial charge is 0.491 e. The van der Waals surface area contributed by atoms with Gasteiger partial charge < -0.3 is 38.8 Å². The van der Waals surface area contributed by atoms with E-state index >= 15 is 0 Å². The van der Waals surface area contributed by atoms with Crippen LogP contribution >= 0.6 is 0 Å². The molecule has 3 unspecified atom stereocenters. The first-order chi connectivity index (χ1) is 25.5. The first-order valence-corrected chi connectivity index (χ1v) is 18.5. The predicted molar refractivity (Wildman–Crippen MR) is 206 cm³/mol. The number of epoxide rings is 1. The number of hydrogen-bond acceptors (Lipinski definition) is 9. The van der Waals surface area contributed by atoms with Crippen LogP contribution in [0.15, 0.2) is 97.1 Å². The average molecular weight is 726 g/mol. The fourth-order valence-electron chi connectivity index (χ4n) is 5.99. The van der Waals surface area contributed by atoms with Crippen LogP contribution in [0.1, 0.15) is 69.7 Å². The van der Waals surface area contributed by atoms with Gasteiger partial charge in [0.2, 0.25) is 0 Å². The van der Waals surface area contributed by atoms with Gasteiger partial charge in [-0.05, 0) is 84.3 Å². The zero-order chi connectivity index (χ0) is 37.8.